The minimum absolute atomic E-state index is 0.0327. The van der Waals surface area contributed by atoms with Crippen molar-refractivity contribution in [3.8, 4) is 0 Å². The summed E-state index contributed by atoms with van der Waals surface area (Å²) in [6.07, 6.45) is 4.58. The molecule has 0 radical (unpaired) electrons. The van der Waals surface area contributed by atoms with E-state index >= 15 is 0 Å². The predicted octanol–water partition coefficient (Wildman–Crippen LogP) is 3.35. The lowest BCUT2D eigenvalue weighted by Gasteiger charge is -2.41. The molecule has 0 saturated carbocycles. The standard InChI is InChI=1S/C29H39N3O4S/c1-6-14-30(19(3)4)28(36)25-29-20(5)18-22(37-29)23(24(29)27(35)32(25)16-11-17-33)26(34)31(15-7-2)21-12-9-8-10-13-21/h6-10,12-13,19-20,22-25,33H,1-2,11,14-18H2,3-5H3/t20?,22-,23+,24-,25?,29?/m0/s1. The molecule has 0 aliphatic carbocycles. The van der Waals surface area contributed by atoms with Crippen LogP contribution in [0.5, 0.6) is 0 Å². The van der Waals surface area contributed by atoms with E-state index < -0.39 is 22.6 Å². The molecular formula is C29H39N3O4S. The molecule has 1 aromatic carbocycles. The average molecular weight is 526 g/mol. The van der Waals surface area contributed by atoms with E-state index in [1.54, 1.807) is 38.6 Å². The molecular weight excluding hydrogens is 486 g/mol. The Morgan fingerprint density at radius 3 is 2.46 bits per heavy atom. The Balaban J connectivity index is 1.78. The Bertz CT molecular complexity index is 1050. The van der Waals surface area contributed by atoms with Crippen LogP contribution >= 0.6 is 11.8 Å². The van der Waals surface area contributed by atoms with Crippen LogP contribution in [0.2, 0.25) is 0 Å². The Labute approximate surface area is 224 Å². The predicted molar refractivity (Wildman–Crippen MR) is 148 cm³/mol. The summed E-state index contributed by atoms with van der Waals surface area (Å²) < 4.78 is -0.681. The number of aliphatic hydroxyl groups is 1. The van der Waals surface area contributed by atoms with Gasteiger partial charge in [-0.1, -0.05) is 37.3 Å². The van der Waals surface area contributed by atoms with E-state index in [-0.39, 0.29) is 48.1 Å². The van der Waals surface area contributed by atoms with Crippen LogP contribution in [0.25, 0.3) is 0 Å². The van der Waals surface area contributed by atoms with Crippen molar-refractivity contribution in [2.45, 2.75) is 55.7 Å². The van der Waals surface area contributed by atoms with Gasteiger partial charge in [-0.2, -0.15) is 0 Å². The first kappa shape index (κ1) is 27.5. The van der Waals surface area contributed by atoms with Crippen LogP contribution < -0.4 is 4.90 Å². The van der Waals surface area contributed by atoms with E-state index in [1.807, 2.05) is 44.2 Å². The van der Waals surface area contributed by atoms with Gasteiger partial charge >= 0.3 is 0 Å². The third-order valence-corrected chi connectivity index (χ3v) is 10.3. The van der Waals surface area contributed by atoms with Gasteiger partial charge in [-0.05, 0) is 44.7 Å². The number of para-hydroxylation sites is 1. The third kappa shape index (κ3) is 4.42. The van der Waals surface area contributed by atoms with Crippen LogP contribution in [0.15, 0.2) is 55.6 Å². The summed E-state index contributed by atoms with van der Waals surface area (Å²) in [6.45, 7) is 14.7. The van der Waals surface area contributed by atoms with Gasteiger partial charge in [-0.3, -0.25) is 14.4 Å². The molecule has 3 amide bonds. The maximum Gasteiger partial charge on any atom is 0.247 e. The van der Waals surface area contributed by atoms with E-state index in [0.717, 1.165) is 12.1 Å². The summed E-state index contributed by atoms with van der Waals surface area (Å²) in [4.78, 5) is 47.7. The minimum Gasteiger partial charge on any atom is -0.396 e. The Morgan fingerprint density at radius 2 is 1.86 bits per heavy atom. The zero-order valence-electron chi connectivity index (χ0n) is 22.1. The Hall–Kier alpha value is -2.58. The number of nitrogens with zero attached hydrogens (tertiary/aromatic N) is 3. The highest BCUT2D eigenvalue weighted by atomic mass is 32.2. The van der Waals surface area contributed by atoms with Crippen molar-refractivity contribution >= 4 is 35.2 Å². The van der Waals surface area contributed by atoms with E-state index in [2.05, 4.69) is 20.1 Å². The first-order valence-electron chi connectivity index (χ1n) is 13.2. The fraction of sp³-hybridized carbons (Fsp3) is 0.552. The van der Waals surface area contributed by atoms with E-state index in [9.17, 15) is 19.5 Å². The van der Waals surface area contributed by atoms with Crippen LogP contribution in [-0.4, -0.2) is 80.9 Å². The van der Waals surface area contributed by atoms with Gasteiger partial charge in [-0.15, -0.1) is 24.9 Å². The molecule has 3 heterocycles. The number of hydrogen-bond acceptors (Lipinski definition) is 5. The topological polar surface area (TPSA) is 81.2 Å². The summed E-state index contributed by atoms with van der Waals surface area (Å²) in [5, 5.41) is 9.55. The monoisotopic (exact) mass is 525 g/mol. The van der Waals surface area contributed by atoms with E-state index in [4.69, 9.17) is 0 Å². The number of aliphatic hydroxyl groups excluding tert-OH is 1. The molecule has 2 bridgehead atoms. The molecule has 37 heavy (non-hydrogen) atoms. The smallest absolute Gasteiger partial charge is 0.247 e. The summed E-state index contributed by atoms with van der Waals surface area (Å²) in [5.74, 6) is -1.33. The molecule has 8 heteroatoms. The zero-order valence-corrected chi connectivity index (χ0v) is 22.9. The summed E-state index contributed by atoms with van der Waals surface area (Å²) >= 11 is 1.68. The first-order chi connectivity index (χ1) is 17.7. The highest BCUT2D eigenvalue weighted by Crippen LogP contribution is 2.69. The maximum atomic E-state index is 14.2. The highest BCUT2D eigenvalue weighted by molar-refractivity contribution is 8.02. The van der Waals surface area contributed by atoms with Gasteiger partial charge in [0.2, 0.25) is 17.7 Å². The number of amides is 3. The second-order valence-corrected chi connectivity index (χ2v) is 12.2. The molecule has 7 nitrogen and oxygen atoms in total. The van der Waals surface area contributed by atoms with Crippen molar-refractivity contribution < 1.29 is 19.5 Å². The largest absolute Gasteiger partial charge is 0.396 e. The molecule has 1 aromatic rings. The van der Waals surface area contributed by atoms with Gasteiger partial charge in [0.25, 0.3) is 0 Å². The Morgan fingerprint density at radius 1 is 1.19 bits per heavy atom. The van der Waals surface area contributed by atoms with Crippen molar-refractivity contribution in [3.63, 3.8) is 0 Å². The number of rotatable bonds is 11. The molecule has 6 atom stereocenters. The van der Waals surface area contributed by atoms with E-state index in [0.29, 0.717) is 19.5 Å². The molecule has 3 unspecified atom stereocenters. The number of benzene rings is 1. The normalized spacial score (nSPS) is 29.9. The first-order valence-corrected chi connectivity index (χ1v) is 14.1. The van der Waals surface area contributed by atoms with Crippen molar-refractivity contribution in [1.82, 2.24) is 9.80 Å². The average Bonchev–Trinajstić information content (AvgIpc) is 3.47. The molecule has 4 rings (SSSR count). The molecule has 3 aliphatic heterocycles. The van der Waals surface area contributed by atoms with Crippen LogP contribution in [0.3, 0.4) is 0 Å². The number of hydrogen-bond donors (Lipinski definition) is 1. The van der Waals surface area contributed by atoms with Gasteiger partial charge in [0.15, 0.2) is 0 Å². The van der Waals surface area contributed by atoms with Crippen LogP contribution in [0, 0.1) is 17.8 Å². The second-order valence-electron chi connectivity index (χ2n) is 10.6. The number of likely N-dealkylation sites (tertiary alicyclic amines) is 1. The quantitative estimate of drug-likeness (QED) is 0.448. The summed E-state index contributed by atoms with van der Waals surface area (Å²) in [7, 11) is 0. The molecule has 3 aliphatic rings. The lowest BCUT2D eigenvalue weighted by atomic mass is 9.65. The fourth-order valence-electron chi connectivity index (χ4n) is 6.65. The van der Waals surface area contributed by atoms with Crippen molar-refractivity contribution in [1.29, 1.82) is 0 Å². The molecule has 3 saturated heterocycles. The highest BCUT2D eigenvalue weighted by Gasteiger charge is 2.76. The number of carbonyl (C=O) groups is 3. The summed E-state index contributed by atoms with van der Waals surface area (Å²) in [5.41, 5.74) is 0.773. The molecule has 1 N–H and O–H groups in total. The van der Waals surface area contributed by atoms with Gasteiger partial charge in [0.05, 0.1) is 16.6 Å². The number of thioether (sulfide) groups is 1. The van der Waals surface area contributed by atoms with Crippen LogP contribution in [-0.2, 0) is 14.4 Å². The molecule has 1 spiro atoms. The maximum absolute atomic E-state index is 14.2. The Kier molecular flexibility index (Phi) is 8.19. The lowest BCUT2D eigenvalue weighted by molar-refractivity contribution is -0.143. The minimum atomic E-state index is -0.681. The van der Waals surface area contributed by atoms with Crippen LogP contribution in [0.1, 0.15) is 33.6 Å². The second kappa shape index (κ2) is 11.0. The fourth-order valence-corrected chi connectivity index (χ4v) is 9.06. The van der Waals surface area contributed by atoms with Gasteiger partial charge in [0, 0.05) is 43.2 Å². The molecule has 200 valence electrons. The van der Waals surface area contributed by atoms with Crippen molar-refractivity contribution in [3.05, 3.63) is 55.6 Å². The van der Waals surface area contributed by atoms with Crippen molar-refractivity contribution in [2.75, 3.05) is 31.1 Å². The van der Waals surface area contributed by atoms with Gasteiger partial charge < -0.3 is 19.8 Å². The number of fused-ring (bicyclic) bond motifs is 1. The van der Waals surface area contributed by atoms with Gasteiger partial charge in [0.1, 0.15) is 6.04 Å². The van der Waals surface area contributed by atoms with Gasteiger partial charge in [-0.25, -0.2) is 0 Å². The zero-order chi connectivity index (χ0) is 26.9. The number of carbonyl (C=O) groups excluding carboxylic acids is 3. The third-order valence-electron chi connectivity index (χ3n) is 8.20. The lowest BCUT2D eigenvalue weighted by Crippen LogP contribution is -2.58. The van der Waals surface area contributed by atoms with E-state index in [1.165, 1.54) is 0 Å². The molecule has 3 fully saturated rings. The number of anilines is 1. The SMILES string of the molecule is C=CCN(C(=O)[C@@H]1[C@@H]2CC(C)C3(S2)C(C(=O)N(CC=C)C(C)C)N(CCCO)C(=O)[C@H]13)c1ccccc1. The summed E-state index contributed by atoms with van der Waals surface area (Å²) in [6, 6.07) is 8.75. The molecule has 0 aromatic heterocycles. The van der Waals surface area contributed by atoms with Crippen molar-refractivity contribution in [2.24, 2.45) is 17.8 Å². The van der Waals surface area contributed by atoms with Crippen LogP contribution in [0.4, 0.5) is 5.69 Å².